The molecule has 0 saturated heterocycles. The third-order valence-electron chi connectivity index (χ3n) is 4.08. The van der Waals surface area contributed by atoms with Crippen molar-refractivity contribution in [3.63, 3.8) is 0 Å². The number of rotatable bonds is 5. The lowest BCUT2D eigenvalue weighted by molar-refractivity contribution is 0.101. The minimum absolute atomic E-state index is 0.120. The number of carbonyl (C=O) groups is 1. The summed E-state index contributed by atoms with van der Waals surface area (Å²) in [5.74, 6) is -0.120. The number of aryl methyl sites for hydroxylation is 1. The van der Waals surface area contributed by atoms with Crippen molar-refractivity contribution in [1.29, 1.82) is 0 Å². The van der Waals surface area contributed by atoms with E-state index in [-0.39, 0.29) is 5.91 Å². The van der Waals surface area contributed by atoms with Crippen LogP contribution in [0.3, 0.4) is 0 Å². The van der Waals surface area contributed by atoms with Crippen molar-refractivity contribution in [2.24, 2.45) is 0 Å². The maximum absolute atomic E-state index is 12.4. The topological polar surface area (TPSA) is 59.8 Å². The van der Waals surface area contributed by atoms with Crippen LogP contribution >= 0.6 is 11.3 Å². The van der Waals surface area contributed by atoms with Crippen molar-refractivity contribution in [2.45, 2.75) is 32.2 Å². The standard InChI is InChI=1S/C18H18N4OS/c1-12-4-2-5-13(10-12)11-16-20-21-18(24-16)19-17(23)15-6-3-9-22(15)14-7-8-14/h2-6,9-10,14H,7-8,11H2,1H3,(H,19,21,23). The van der Waals surface area contributed by atoms with Gasteiger partial charge in [-0.2, -0.15) is 0 Å². The Morgan fingerprint density at radius 2 is 2.17 bits per heavy atom. The number of anilines is 1. The molecule has 0 atom stereocenters. The molecule has 2 aromatic heterocycles. The highest BCUT2D eigenvalue weighted by atomic mass is 32.1. The second-order valence-corrected chi connectivity index (χ2v) is 7.21. The molecular formula is C18H18N4OS. The fourth-order valence-corrected chi connectivity index (χ4v) is 3.56. The smallest absolute Gasteiger partial charge is 0.274 e. The maximum Gasteiger partial charge on any atom is 0.274 e. The lowest BCUT2D eigenvalue weighted by atomic mass is 10.1. The predicted octanol–water partition coefficient (Wildman–Crippen LogP) is 3.83. The zero-order chi connectivity index (χ0) is 16.5. The molecule has 1 aliphatic carbocycles. The van der Waals surface area contributed by atoms with Gasteiger partial charge in [-0.05, 0) is 37.5 Å². The Morgan fingerprint density at radius 1 is 1.29 bits per heavy atom. The van der Waals surface area contributed by atoms with Gasteiger partial charge in [0.25, 0.3) is 5.91 Å². The van der Waals surface area contributed by atoms with E-state index < -0.39 is 0 Å². The maximum atomic E-state index is 12.4. The molecule has 24 heavy (non-hydrogen) atoms. The van der Waals surface area contributed by atoms with Crippen LogP contribution in [0.2, 0.25) is 0 Å². The van der Waals surface area contributed by atoms with E-state index in [4.69, 9.17) is 0 Å². The molecule has 1 aromatic carbocycles. The molecule has 1 saturated carbocycles. The summed E-state index contributed by atoms with van der Waals surface area (Å²) in [5, 5.41) is 12.6. The molecule has 0 radical (unpaired) electrons. The Balaban J connectivity index is 1.45. The van der Waals surface area contributed by atoms with Crippen molar-refractivity contribution in [3.8, 4) is 0 Å². The number of carbonyl (C=O) groups excluding carboxylic acids is 1. The van der Waals surface area contributed by atoms with Crippen LogP contribution in [0.1, 0.15) is 45.5 Å². The second kappa shape index (κ2) is 6.20. The van der Waals surface area contributed by atoms with Crippen LogP contribution in [0.25, 0.3) is 0 Å². The molecule has 0 aliphatic heterocycles. The highest BCUT2D eigenvalue weighted by Gasteiger charge is 2.27. The first-order valence-electron chi connectivity index (χ1n) is 8.05. The third-order valence-corrected chi connectivity index (χ3v) is 4.92. The van der Waals surface area contributed by atoms with Gasteiger partial charge in [-0.15, -0.1) is 10.2 Å². The second-order valence-electron chi connectivity index (χ2n) is 6.15. The van der Waals surface area contributed by atoms with Crippen LogP contribution < -0.4 is 5.32 Å². The van der Waals surface area contributed by atoms with Gasteiger partial charge in [-0.3, -0.25) is 10.1 Å². The van der Waals surface area contributed by atoms with Gasteiger partial charge in [-0.25, -0.2) is 0 Å². The van der Waals surface area contributed by atoms with Gasteiger partial charge < -0.3 is 4.57 Å². The van der Waals surface area contributed by atoms with Gasteiger partial charge in [0.1, 0.15) is 10.7 Å². The molecular weight excluding hydrogens is 320 g/mol. The van der Waals surface area contributed by atoms with Crippen LogP contribution in [0, 0.1) is 6.92 Å². The highest BCUT2D eigenvalue weighted by Crippen LogP contribution is 2.36. The zero-order valence-electron chi connectivity index (χ0n) is 13.4. The number of aromatic nitrogens is 3. The normalized spacial score (nSPS) is 13.9. The monoisotopic (exact) mass is 338 g/mol. The molecule has 1 amide bonds. The van der Waals surface area contributed by atoms with Crippen LogP contribution in [0.15, 0.2) is 42.6 Å². The number of nitrogens with zero attached hydrogens (tertiary/aromatic N) is 3. The molecule has 6 heteroatoms. The Hall–Kier alpha value is -2.47. The van der Waals surface area contributed by atoms with Gasteiger partial charge in [0, 0.05) is 18.7 Å². The zero-order valence-corrected chi connectivity index (χ0v) is 14.2. The molecule has 4 rings (SSSR count). The highest BCUT2D eigenvalue weighted by molar-refractivity contribution is 7.15. The van der Waals surface area contributed by atoms with Gasteiger partial charge >= 0.3 is 0 Å². The van der Waals surface area contributed by atoms with E-state index >= 15 is 0 Å². The summed E-state index contributed by atoms with van der Waals surface area (Å²) in [5.41, 5.74) is 3.12. The summed E-state index contributed by atoms with van der Waals surface area (Å²) in [6, 6.07) is 12.6. The predicted molar refractivity (Wildman–Crippen MR) is 94.6 cm³/mol. The number of benzene rings is 1. The lowest BCUT2D eigenvalue weighted by Crippen LogP contribution is -2.16. The fraction of sp³-hybridized carbons (Fsp3) is 0.278. The van der Waals surface area contributed by atoms with Crippen molar-refractivity contribution in [3.05, 3.63) is 64.4 Å². The van der Waals surface area contributed by atoms with Crippen molar-refractivity contribution < 1.29 is 4.79 Å². The first-order chi connectivity index (χ1) is 11.7. The molecule has 1 fully saturated rings. The summed E-state index contributed by atoms with van der Waals surface area (Å²) in [7, 11) is 0. The number of hydrogen-bond acceptors (Lipinski definition) is 4. The molecule has 2 heterocycles. The number of amides is 1. The molecule has 1 aliphatic rings. The van der Waals surface area contributed by atoms with Crippen LogP contribution in [0.4, 0.5) is 5.13 Å². The van der Waals surface area contributed by atoms with E-state index in [0.717, 1.165) is 24.3 Å². The fourth-order valence-electron chi connectivity index (χ4n) is 2.79. The summed E-state index contributed by atoms with van der Waals surface area (Å²) in [4.78, 5) is 12.4. The molecule has 3 aromatic rings. The first kappa shape index (κ1) is 15.1. The summed E-state index contributed by atoms with van der Waals surface area (Å²) in [6.07, 6.45) is 4.99. The van der Waals surface area contributed by atoms with Crippen LogP contribution in [-0.2, 0) is 6.42 Å². The largest absolute Gasteiger partial charge is 0.340 e. The molecule has 0 unspecified atom stereocenters. The SMILES string of the molecule is Cc1cccc(Cc2nnc(NC(=O)c3cccn3C3CC3)s2)c1. The molecule has 5 nitrogen and oxygen atoms in total. The van der Waals surface area contributed by atoms with Crippen molar-refractivity contribution in [2.75, 3.05) is 5.32 Å². The van der Waals surface area contributed by atoms with E-state index in [2.05, 4.69) is 40.6 Å². The number of nitrogens with one attached hydrogen (secondary N) is 1. The van der Waals surface area contributed by atoms with Crippen LogP contribution in [0.5, 0.6) is 0 Å². The third kappa shape index (κ3) is 3.23. The van der Waals surface area contributed by atoms with E-state index in [1.807, 2.05) is 29.0 Å². The van der Waals surface area contributed by atoms with Crippen molar-refractivity contribution in [1.82, 2.24) is 14.8 Å². The molecule has 0 bridgehead atoms. The quantitative estimate of drug-likeness (QED) is 0.769. The van der Waals surface area contributed by atoms with Gasteiger partial charge in [0.05, 0.1) is 0 Å². The van der Waals surface area contributed by atoms with Crippen LogP contribution in [-0.4, -0.2) is 20.7 Å². The molecule has 122 valence electrons. The van der Waals surface area contributed by atoms with Gasteiger partial charge in [-0.1, -0.05) is 41.2 Å². The summed E-state index contributed by atoms with van der Waals surface area (Å²) in [6.45, 7) is 2.07. The van der Waals surface area contributed by atoms with E-state index in [9.17, 15) is 4.79 Å². The van der Waals surface area contributed by atoms with Crippen molar-refractivity contribution >= 4 is 22.4 Å². The summed E-state index contributed by atoms with van der Waals surface area (Å²) < 4.78 is 2.05. The minimum atomic E-state index is -0.120. The number of hydrogen-bond donors (Lipinski definition) is 1. The van der Waals surface area contributed by atoms with E-state index in [0.29, 0.717) is 16.9 Å². The Kier molecular flexibility index (Phi) is 3.90. The molecule has 1 N–H and O–H groups in total. The van der Waals surface area contributed by atoms with Gasteiger partial charge in [0.2, 0.25) is 5.13 Å². The first-order valence-corrected chi connectivity index (χ1v) is 8.87. The Bertz CT molecular complexity index is 879. The lowest BCUT2D eigenvalue weighted by Gasteiger charge is -2.06. The summed E-state index contributed by atoms with van der Waals surface area (Å²) >= 11 is 1.43. The van der Waals surface area contributed by atoms with Gasteiger partial charge in [0.15, 0.2) is 0 Å². The molecule has 0 spiro atoms. The Morgan fingerprint density at radius 3 is 2.96 bits per heavy atom. The Labute approximate surface area is 144 Å². The minimum Gasteiger partial charge on any atom is -0.340 e. The van der Waals surface area contributed by atoms with E-state index in [1.165, 1.54) is 22.5 Å². The van der Waals surface area contributed by atoms with E-state index in [1.54, 1.807) is 0 Å². The average Bonchev–Trinajstić information content (AvgIpc) is 3.11. The average molecular weight is 338 g/mol.